The van der Waals surface area contributed by atoms with Gasteiger partial charge in [-0.3, -0.25) is 4.79 Å². The third-order valence-corrected chi connectivity index (χ3v) is 1.67. The average Bonchev–Trinajstić information content (AvgIpc) is 2.07. The van der Waals surface area contributed by atoms with Crippen LogP contribution in [0.25, 0.3) is 0 Å². The second-order valence-corrected chi connectivity index (χ2v) is 4.04. The molecule has 0 unspecified atom stereocenters. The third-order valence-electron chi connectivity index (χ3n) is 1.67. The molecule has 0 bridgehead atoms. The molecule has 0 aromatic carbocycles. The molecule has 0 fully saturated rings. The van der Waals surface area contributed by atoms with E-state index in [2.05, 4.69) is 10.3 Å². The van der Waals surface area contributed by atoms with Gasteiger partial charge in [0.05, 0.1) is 0 Å². The van der Waals surface area contributed by atoms with Crippen LogP contribution in [0, 0.1) is 11.2 Å². The molecule has 0 saturated carbocycles. The number of hydrogen-bond donors (Lipinski definition) is 1. The smallest absolute Gasteiger partial charge is 0.230 e. The number of aromatic nitrogens is 1. The van der Waals surface area contributed by atoms with E-state index in [-0.39, 0.29) is 11.7 Å². The Kier molecular flexibility index (Phi) is 2.84. The maximum atomic E-state index is 13.1. The van der Waals surface area contributed by atoms with E-state index in [1.54, 1.807) is 20.8 Å². The summed E-state index contributed by atoms with van der Waals surface area (Å²) in [4.78, 5) is 15.2. The Balaban J connectivity index is 2.80. The van der Waals surface area contributed by atoms with E-state index < -0.39 is 11.2 Å². The van der Waals surface area contributed by atoms with Crippen molar-refractivity contribution < 1.29 is 9.18 Å². The van der Waals surface area contributed by atoms with Gasteiger partial charge in [0.2, 0.25) is 5.91 Å². The molecule has 1 N–H and O–H groups in total. The van der Waals surface area contributed by atoms with E-state index in [1.807, 2.05) is 0 Å². The van der Waals surface area contributed by atoms with Crippen LogP contribution in [0.4, 0.5) is 10.2 Å². The lowest BCUT2D eigenvalue weighted by molar-refractivity contribution is -0.123. The number of halogens is 1. The number of anilines is 1. The van der Waals surface area contributed by atoms with Crippen molar-refractivity contribution in [1.29, 1.82) is 0 Å². The van der Waals surface area contributed by atoms with Crippen molar-refractivity contribution in [1.82, 2.24) is 4.98 Å². The first-order valence-corrected chi connectivity index (χ1v) is 4.33. The summed E-state index contributed by atoms with van der Waals surface area (Å²) in [6, 6.07) is 2.73. The van der Waals surface area contributed by atoms with Crippen LogP contribution < -0.4 is 5.32 Å². The number of amides is 1. The molecule has 0 spiro atoms. The number of nitrogens with zero attached hydrogens (tertiary/aromatic N) is 1. The summed E-state index contributed by atoms with van der Waals surface area (Å²) in [7, 11) is 0. The molecule has 1 aromatic rings. The van der Waals surface area contributed by atoms with Gasteiger partial charge >= 0.3 is 0 Å². The fourth-order valence-corrected chi connectivity index (χ4v) is 0.773. The fraction of sp³-hybridized carbons (Fsp3) is 0.400. The Morgan fingerprint density at radius 1 is 1.50 bits per heavy atom. The summed E-state index contributed by atoms with van der Waals surface area (Å²) in [5.74, 6) is -0.798. The van der Waals surface area contributed by atoms with Crippen LogP contribution in [0.2, 0.25) is 0 Å². The molecule has 0 radical (unpaired) electrons. The lowest BCUT2D eigenvalue weighted by atomic mass is 9.96. The summed E-state index contributed by atoms with van der Waals surface area (Å²) in [6.45, 7) is 5.26. The zero-order chi connectivity index (χ0) is 10.8. The minimum Gasteiger partial charge on any atom is -0.308 e. The van der Waals surface area contributed by atoms with E-state index >= 15 is 0 Å². The first-order chi connectivity index (χ1) is 6.41. The average molecular weight is 196 g/mol. The summed E-state index contributed by atoms with van der Waals surface area (Å²) in [6.07, 6.45) is 1.43. The van der Waals surface area contributed by atoms with Gasteiger partial charge < -0.3 is 5.32 Å². The Bertz CT molecular complexity index is 344. The van der Waals surface area contributed by atoms with Crippen molar-refractivity contribution in [2.75, 3.05) is 5.32 Å². The summed E-state index contributed by atoms with van der Waals surface area (Å²) < 4.78 is 13.1. The number of rotatable bonds is 1. The summed E-state index contributed by atoms with van der Waals surface area (Å²) in [5, 5.41) is 2.43. The first-order valence-electron chi connectivity index (χ1n) is 4.33. The van der Waals surface area contributed by atoms with Crippen molar-refractivity contribution in [2.24, 2.45) is 5.41 Å². The van der Waals surface area contributed by atoms with Gasteiger partial charge in [0.25, 0.3) is 0 Å². The van der Waals surface area contributed by atoms with Gasteiger partial charge in [-0.25, -0.2) is 9.37 Å². The zero-order valence-electron chi connectivity index (χ0n) is 8.47. The van der Waals surface area contributed by atoms with E-state index in [0.29, 0.717) is 0 Å². The molecule has 1 rings (SSSR count). The van der Waals surface area contributed by atoms with E-state index in [0.717, 1.165) is 0 Å². The number of pyridine rings is 1. The predicted molar refractivity (Wildman–Crippen MR) is 52.3 cm³/mol. The second kappa shape index (κ2) is 3.74. The largest absolute Gasteiger partial charge is 0.308 e. The SMILES string of the molecule is CC(C)(C)C(=O)Nc1ncccc1F. The normalized spacial score (nSPS) is 11.1. The second-order valence-electron chi connectivity index (χ2n) is 4.04. The molecule has 0 saturated heterocycles. The minimum atomic E-state index is -0.552. The molecule has 14 heavy (non-hydrogen) atoms. The van der Waals surface area contributed by atoms with Gasteiger partial charge in [0.15, 0.2) is 11.6 Å². The highest BCUT2D eigenvalue weighted by atomic mass is 19.1. The molecule has 1 heterocycles. The summed E-state index contributed by atoms with van der Waals surface area (Å²) >= 11 is 0. The molecule has 4 heteroatoms. The van der Waals surface area contributed by atoms with Crippen LogP contribution in [-0.2, 0) is 4.79 Å². The predicted octanol–water partition coefficient (Wildman–Crippen LogP) is 2.21. The van der Waals surface area contributed by atoms with Crippen LogP contribution in [0.5, 0.6) is 0 Å². The molecular formula is C10H13FN2O. The van der Waals surface area contributed by atoms with Crippen molar-refractivity contribution in [3.63, 3.8) is 0 Å². The molecule has 0 atom stereocenters. The van der Waals surface area contributed by atoms with Gasteiger partial charge in [0.1, 0.15) is 0 Å². The topological polar surface area (TPSA) is 42.0 Å². The van der Waals surface area contributed by atoms with E-state index in [1.165, 1.54) is 18.3 Å². The highest BCUT2D eigenvalue weighted by Gasteiger charge is 2.22. The Morgan fingerprint density at radius 2 is 2.14 bits per heavy atom. The number of nitrogens with one attached hydrogen (secondary N) is 1. The third kappa shape index (κ3) is 2.52. The molecule has 0 aliphatic rings. The standard InChI is InChI=1S/C10H13FN2O/c1-10(2,3)9(14)13-8-7(11)5-4-6-12-8/h4-6H,1-3H3,(H,12,13,14). The molecule has 0 aliphatic heterocycles. The van der Waals surface area contributed by atoms with Gasteiger partial charge in [-0.15, -0.1) is 0 Å². The van der Waals surface area contributed by atoms with Crippen LogP contribution in [-0.4, -0.2) is 10.9 Å². The zero-order valence-corrected chi connectivity index (χ0v) is 8.47. The van der Waals surface area contributed by atoms with Crippen molar-refractivity contribution >= 4 is 11.7 Å². The number of carbonyl (C=O) groups is 1. The highest BCUT2D eigenvalue weighted by molar-refractivity contribution is 5.93. The lowest BCUT2D eigenvalue weighted by Gasteiger charge is -2.17. The molecule has 76 valence electrons. The van der Waals surface area contributed by atoms with Crippen molar-refractivity contribution in [2.45, 2.75) is 20.8 Å². The monoisotopic (exact) mass is 196 g/mol. The van der Waals surface area contributed by atoms with Gasteiger partial charge in [0, 0.05) is 11.6 Å². The highest BCUT2D eigenvalue weighted by Crippen LogP contribution is 2.17. The van der Waals surface area contributed by atoms with Crippen LogP contribution in [0.3, 0.4) is 0 Å². The number of hydrogen-bond acceptors (Lipinski definition) is 2. The number of carbonyl (C=O) groups excluding carboxylic acids is 1. The van der Waals surface area contributed by atoms with Gasteiger partial charge in [-0.2, -0.15) is 0 Å². The Morgan fingerprint density at radius 3 is 2.64 bits per heavy atom. The Hall–Kier alpha value is -1.45. The molecule has 3 nitrogen and oxygen atoms in total. The van der Waals surface area contributed by atoms with E-state index in [9.17, 15) is 9.18 Å². The maximum absolute atomic E-state index is 13.1. The van der Waals surface area contributed by atoms with Gasteiger partial charge in [-0.05, 0) is 12.1 Å². The van der Waals surface area contributed by atoms with Crippen LogP contribution in [0.1, 0.15) is 20.8 Å². The Labute approximate surface area is 82.4 Å². The van der Waals surface area contributed by atoms with E-state index in [4.69, 9.17) is 0 Å². The molecular weight excluding hydrogens is 183 g/mol. The summed E-state index contributed by atoms with van der Waals surface area (Å²) in [5.41, 5.74) is -0.552. The quantitative estimate of drug-likeness (QED) is 0.748. The van der Waals surface area contributed by atoms with Crippen LogP contribution in [0.15, 0.2) is 18.3 Å². The first kappa shape index (κ1) is 10.6. The van der Waals surface area contributed by atoms with Gasteiger partial charge in [-0.1, -0.05) is 20.8 Å². The fourth-order valence-electron chi connectivity index (χ4n) is 0.773. The van der Waals surface area contributed by atoms with Crippen LogP contribution >= 0.6 is 0 Å². The minimum absolute atomic E-state index is 0.0209. The van der Waals surface area contributed by atoms with Crippen molar-refractivity contribution in [3.8, 4) is 0 Å². The maximum Gasteiger partial charge on any atom is 0.230 e. The molecule has 0 aliphatic carbocycles. The molecule has 1 amide bonds. The lowest BCUT2D eigenvalue weighted by Crippen LogP contribution is -2.28. The molecule has 1 aromatic heterocycles. The van der Waals surface area contributed by atoms with Crippen molar-refractivity contribution in [3.05, 3.63) is 24.1 Å².